The third-order valence-electron chi connectivity index (χ3n) is 4.26. The van der Waals surface area contributed by atoms with E-state index >= 15 is 0 Å². The van der Waals surface area contributed by atoms with E-state index in [0.29, 0.717) is 11.3 Å². The van der Waals surface area contributed by atoms with Crippen LogP contribution in [0, 0.1) is 11.6 Å². The Bertz CT molecular complexity index is 1110. The molecule has 134 valence electrons. The third kappa shape index (κ3) is 3.55. The topological polar surface area (TPSA) is 57.8 Å². The van der Waals surface area contributed by atoms with Crippen LogP contribution in [-0.4, -0.2) is 16.1 Å². The number of hydrogen-bond acceptors (Lipinski definition) is 2. The molecule has 3 aromatic carbocycles. The summed E-state index contributed by atoms with van der Waals surface area (Å²) in [4.78, 5) is 12.3. The van der Waals surface area contributed by atoms with E-state index in [1.807, 2.05) is 42.5 Å². The Balaban J connectivity index is 1.54. The summed E-state index contributed by atoms with van der Waals surface area (Å²) >= 11 is 0. The Hall–Kier alpha value is -3.54. The second-order valence-corrected chi connectivity index (χ2v) is 6.15. The first-order chi connectivity index (χ1) is 13.1. The molecule has 4 aromatic rings. The summed E-state index contributed by atoms with van der Waals surface area (Å²) in [5, 5.41) is 11.7. The van der Waals surface area contributed by atoms with Crippen LogP contribution in [0.4, 0.5) is 8.78 Å². The van der Waals surface area contributed by atoms with Crippen LogP contribution in [0.2, 0.25) is 0 Å². The molecule has 4 nitrogen and oxygen atoms in total. The number of H-pyrrole nitrogens is 1. The number of carbonyl (C=O) groups excluding carboxylic acids is 1. The van der Waals surface area contributed by atoms with E-state index in [-0.39, 0.29) is 12.2 Å². The van der Waals surface area contributed by atoms with Gasteiger partial charge in [-0.15, -0.1) is 0 Å². The number of nitrogens with zero attached hydrogens (tertiary/aromatic N) is 1. The van der Waals surface area contributed by atoms with Crippen molar-refractivity contribution >= 4 is 16.7 Å². The van der Waals surface area contributed by atoms with Gasteiger partial charge in [0.25, 0.3) is 5.91 Å². The zero-order valence-electron chi connectivity index (χ0n) is 14.2. The molecule has 0 aliphatic heterocycles. The van der Waals surface area contributed by atoms with Gasteiger partial charge in [-0.3, -0.25) is 9.89 Å². The van der Waals surface area contributed by atoms with Gasteiger partial charge in [-0.25, -0.2) is 8.78 Å². The molecule has 0 aliphatic rings. The van der Waals surface area contributed by atoms with Crippen LogP contribution in [0.3, 0.4) is 0 Å². The maximum atomic E-state index is 13.2. The first-order valence-corrected chi connectivity index (χ1v) is 8.37. The van der Waals surface area contributed by atoms with Gasteiger partial charge in [0, 0.05) is 18.2 Å². The number of carbonyl (C=O) groups is 1. The molecule has 1 aromatic heterocycles. The molecule has 4 rings (SSSR count). The minimum absolute atomic E-state index is 0.0101. The average molecular weight is 363 g/mol. The lowest BCUT2D eigenvalue weighted by atomic mass is 10.0. The highest BCUT2D eigenvalue weighted by Crippen LogP contribution is 2.27. The molecular weight excluding hydrogens is 348 g/mol. The molecule has 0 bridgehead atoms. The van der Waals surface area contributed by atoms with Gasteiger partial charge in [0.2, 0.25) is 0 Å². The predicted molar refractivity (Wildman–Crippen MR) is 99.1 cm³/mol. The quantitative estimate of drug-likeness (QED) is 0.563. The molecule has 0 fully saturated rings. The van der Waals surface area contributed by atoms with Crippen LogP contribution in [-0.2, 0) is 6.54 Å². The second kappa shape index (κ2) is 6.99. The van der Waals surface area contributed by atoms with E-state index < -0.39 is 17.5 Å². The summed E-state index contributed by atoms with van der Waals surface area (Å²) in [7, 11) is 0. The van der Waals surface area contributed by atoms with E-state index in [0.717, 1.165) is 22.4 Å². The molecule has 0 atom stereocenters. The number of benzene rings is 3. The maximum absolute atomic E-state index is 13.2. The SMILES string of the molecule is O=C(NCc1cc(F)cc(F)c1)c1cc(-c2cccc3ccccc23)n[nH]1. The fourth-order valence-corrected chi connectivity index (χ4v) is 3.02. The molecule has 27 heavy (non-hydrogen) atoms. The van der Waals surface area contributed by atoms with E-state index in [2.05, 4.69) is 15.5 Å². The Morgan fingerprint density at radius 3 is 2.52 bits per heavy atom. The zero-order valence-corrected chi connectivity index (χ0v) is 14.2. The van der Waals surface area contributed by atoms with Crippen molar-refractivity contribution in [2.45, 2.75) is 6.54 Å². The molecular formula is C21H15F2N3O. The average Bonchev–Trinajstić information content (AvgIpc) is 3.15. The summed E-state index contributed by atoms with van der Waals surface area (Å²) in [6.45, 7) is 0.0101. The van der Waals surface area contributed by atoms with Crippen molar-refractivity contribution in [3.05, 3.63) is 89.6 Å². The Kier molecular flexibility index (Phi) is 4.38. The smallest absolute Gasteiger partial charge is 0.269 e. The van der Waals surface area contributed by atoms with Crippen LogP contribution < -0.4 is 5.32 Å². The summed E-state index contributed by atoms with van der Waals surface area (Å²) in [6.07, 6.45) is 0. The highest BCUT2D eigenvalue weighted by molar-refractivity contribution is 5.98. The molecule has 1 amide bonds. The first kappa shape index (κ1) is 16.9. The van der Waals surface area contributed by atoms with Gasteiger partial charge in [-0.05, 0) is 34.5 Å². The van der Waals surface area contributed by atoms with Gasteiger partial charge in [0.1, 0.15) is 17.3 Å². The minimum atomic E-state index is -0.681. The Morgan fingerprint density at radius 1 is 0.963 bits per heavy atom. The molecule has 0 aliphatic carbocycles. The number of aromatic amines is 1. The number of hydrogen-bond donors (Lipinski definition) is 2. The van der Waals surface area contributed by atoms with E-state index in [1.165, 1.54) is 12.1 Å². The summed E-state index contributed by atoms with van der Waals surface area (Å²) in [6, 6.07) is 18.6. The Morgan fingerprint density at radius 2 is 1.70 bits per heavy atom. The number of amides is 1. The Labute approximate surface area is 153 Å². The van der Waals surface area contributed by atoms with E-state index in [9.17, 15) is 13.6 Å². The van der Waals surface area contributed by atoms with E-state index in [4.69, 9.17) is 0 Å². The monoisotopic (exact) mass is 363 g/mol. The van der Waals surface area contributed by atoms with E-state index in [1.54, 1.807) is 6.07 Å². The third-order valence-corrected chi connectivity index (χ3v) is 4.26. The normalized spacial score (nSPS) is 10.9. The molecule has 0 spiro atoms. The highest BCUT2D eigenvalue weighted by Gasteiger charge is 2.13. The summed E-state index contributed by atoms with van der Waals surface area (Å²) < 4.78 is 26.5. The van der Waals surface area contributed by atoms with Crippen LogP contribution in [0.15, 0.2) is 66.7 Å². The number of halogens is 2. The molecule has 1 heterocycles. The van der Waals surface area contributed by atoms with Gasteiger partial charge >= 0.3 is 0 Å². The van der Waals surface area contributed by atoms with Gasteiger partial charge in [0.05, 0.1) is 5.69 Å². The fraction of sp³-hybridized carbons (Fsp3) is 0.0476. The zero-order chi connectivity index (χ0) is 18.8. The lowest BCUT2D eigenvalue weighted by Gasteiger charge is -2.04. The second-order valence-electron chi connectivity index (χ2n) is 6.15. The maximum Gasteiger partial charge on any atom is 0.269 e. The van der Waals surface area contributed by atoms with Crippen molar-refractivity contribution in [1.29, 1.82) is 0 Å². The standard InChI is InChI=1S/C21H15F2N3O/c22-15-8-13(9-16(23)10-15)12-24-21(27)20-11-19(25-26-20)18-7-3-5-14-4-1-2-6-17(14)18/h1-11H,12H2,(H,24,27)(H,25,26). The molecule has 0 saturated carbocycles. The van der Waals surface area contributed by atoms with Gasteiger partial charge in [-0.1, -0.05) is 42.5 Å². The van der Waals surface area contributed by atoms with Crippen molar-refractivity contribution in [2.24, 2.45) is 0 Å². The summed E-state index contributed by atoms with van der Waals surface area (Å²) in [5.74, 6) is -1.77. The van der Waals surface area contributed by atoms with Crippen LogP contribution in [0.25, 0.3) is 22.0 Å². The minimum Gasteiger partial charge on any atom is -0.347 e. The number of fused-ring (bicyclic) bond motifs is 1. The molecule has 6 heteroatoms. The molecule has 0 saturated heterocycles. The number of aromatic nitrogens is 2. The van der Waals surface area contributed by atoms with Crippen molar-refractivity contribution in [3.63, 3.8) is 0 Å². The first-order valence-electron chi connectivity index (χ1n) is 8.37. The van der Waals surface area contributed by atoms with Crippen molar-refractivity contribution in [1.82, 2.24) is 15.5 Å². The molecule has 2 N–H and O–H groups in total. The van der Waals surface area contributed by atoms with Crippen molar-refractivity contribution in [2.75, 3.05) is 0 Å². The van der Waals surface area contributed by atoms with Crippen LogP contribution in [0.5, 0.6) is 0 Å². The van der Waals surface area contributed by atoms with Gasteiger partial charge < -0.3 is 5.32 Å². The van der Waals surface area contributed by atoms with Crippen LogP contribution in [0.1, 0.15) is 16.1 Å². The fourth-order valence-electron chi connectivity index (χ4n) is 3.02. The largest absolute Gasteiger partial charge is 0.347 e. The number of rotatable bonds is 4. The number of nitrogens with one attached hydrogen (secondary N) is 2. The molecule has 0 radical (unpaired) electrons. The summed E-state index contributed by atoms with van der Waals surface area (Å²) in [5.41, 5.74) is 2.17. The predicted octanol–water partition coefficient (Wildman–Crippen LogP) is 4.44. The lowest BCUT2D eigenvalue weighted by molar-refractivity contribution is 0.0945. The van der Waals surface area contributed by atoms with Crippen molar-refractivity contribution in [3.8, 4) is 11.3 Å². The van der Waals surface area contributed by atoms with Crippen molar-refractivity contribution < 1.29 is 13.6 Å². The van der Waals surface area contributed by atoms with Gasteiger partial charge in [-0.2, -0.15) is 5.10 Å². The van der Waals surface area contributed by atoms with Gasteiger partial charge in [0.15, 0.2) is 0 Å². The highest BCUT2D eigenvalue weighted by atomic mass is 19.1. The lowest BCUT2D eigenvalue weighted by Crippen LogP contribution is -2.23. The molecule has 0 unspecified atom stereocenters. The van der Waals surface area contributed by atoms with Crippen LogP contribution >= 0.6 is 0 Å².